The second-order valence-electron chi connectivity index (χ2n) is 8.51. The molecule has 0 aromatic heterocycles. The summed E-state index contributed by atoms with van der Waals surface area (Å²) in [6.45, 7) is 0.687. The first-order valence-corrected chi connectivity index (χ1v) is 13.5. The van der Waals surface area contributed by atoms with Crippen molar-refractivity contribution in [1.29, 1.82) is 5.26 Å². The molecule has 0 aliphatic carbocycles. The minimum Gasteiger partial charge on any atom is -0.493 e. The summed E-state index contributed by atoms with van der Waals surface area (Å²) in [6.07, 6.45) is 1.48. The van der Waals surface area contributed by atoms with Gasteiger partial charge in [-0.3, -0.25) is 4.79 Å². The number of hydrogen-bond acceptors (Lipinski definition) is 5. The summed E-state index contributed by atoms with van der Waals surface area (Å²) in [4.78, 5) is 12.8. The van der Waals surface area contributed by atoms with Crippen LogP contribution in [-0.4, -0.2) is 13.0 Å². The average molecular weight is 638 g/mol. The van der Waals surface area contributed by atoms with Crippen LogP contribution in [0.2, 0.25) is 10.0 Å². The number of rotatable bonds is 10. The number of nitrogens with zero attached hydrogens (tertiary/aromatic N) is 1. The van der Waals surface area contributed by atoms with Crippen molar-refractivity contribution in [1.82, 2.24) is 0 Å². The maximum atomic E-state index is 12.8. The van der Waals surface area contributed by atoms with E-state index in [-0.39, 0.29) is 5.57 Å². The Labute approximate surface area is 250 Å². The van der Waals surface area contributed by atoms with Gasteiger partial charge in [-0.25, -0.2) is 0 Å². The first kappa shape index (κ1) is 29.0. The number of ether oxygens (including phenoxy) is 3. The molecule has 0 radical (unpaired) electrons. The maximum absolute atomic E-state index is 12.8. The van der Waals surface area contributed by atoms with Crippen LogP contribution < -0.4 is 19.5 Å². The molecule has 4 aromatic rings. The number of hydrogen-bond donors (Lipinski definition) is 1. The summed E-state index contributed by atoms with van der Waals surface area (Å²) >= 11 is 15.4. The Morgan fingerprint density at radius 1 is 0.900 bits per heavy atom. The lowest BCUT2D eigenvalue weighted by molar-refractivity contribution is -0.112. The van der Waals surface area contributed by atoms with Crippen LogP contribution in [0.25, 0.3) is 6.08 Å². The SMILES string of the molecule is COc1cc(/C=C(\C#N)C(=O)Nc2ccc(OCc3ccc(Cl)cc3)cc2)cc(Br)c1OCc1ccc(Cl)cc1. The molecule has 4 rings (SSSR count). The predicted molar refractivity (Wildman–Crippen MR) is 161 cm³/mol. The fourth-order valence-corrected chi connectivity index (χ4v) is 4.42. The van der Waals surface area contributed by atoms with Crippen molar-refractivity contribution in [2.75, 3.05) is 12.4 Å². The van der Waals surface area contributed by atoms with Gasteiger partial charge in [0.1, 0.15) is 30.6 Å². The standard InChI is InChI=1S/C31H23BrCl2N2O4/c1-38-29-16-22(15-28(32)30(29)40-19-21-4-8-25(34)9-5-21)14-23(17-35)31(37)36-26-10-12-27(13-11-26)39-18-20-2-6-24(33)7-3-20/h2-16H,18-19H2,1H3,(H,36,37)/b23-14+. The van der Waals surface area contributed by atoms with Crippen molar-refractivity contribution in [3.05, 3.63) is 122 Å². The number of nitriles is 1. The molecule has 1 N–H and O–H groups in total. The van der Waals surface area contributed by atoms with Crippen molar-refractivity contribution in [2.45, 2.75) is 13.2 Å². The van der Waals surface area contributed by atoms with Gasteiger partial charge in [-0.15, -0.1) is 0 Å². The molecular formula is C31H23BrCl2N2O4. The van der Waals surface area contributed by atoms with Gasteiger partial charge in [-0.1, -0.05) is 47.5 Å². The molecule has 0 saturated carbocycles. The number of carbonyl (C=O) groups excluding carboxylic acids is 1. The number of nitrogens with one attached hydrogen (secondary N) is 1. The molecule has 1 amide bonds. The third kappa shape index (κ3) is 8.03. The topological polar surface area (TPSA) is 80.6 Å². The molecule has 6 nitrogen and oxygen atoms in total. The number of anilines is 1. The van der Waals surface area contributed by atoms with Gasteiger partial charge in [0.2, 0.25) is 0 Å². The van der Waals surface area contributed by atoms with E-state index in [9.17, 15) is 10.1 Å². The van der Waals surface area contributed by atoms with E-state index in [4.69, 9.17) is 37.4 Å². The Bertz CT molecular complexity index is 1550. The Balaban J connectivity index is 1.41. The number of benzene rings is 4. The molecule has 9 heteroatoms. The molecule has 4 aromatic carbocycles. The van der Waals surface area contributed by atoms with Crippen molar-refractivity contribution < 1.29 is 19.0 Å². The molecular weight excluding hydrogens is 615 g/mol. The molecule has 40 heavy (non-hydrogen) atoms. The number of methoxy groups -OCH3 is 1. The summed E-state index contributed by atoms with van der Waals surface area (Å²) in [5, 5.41) is 13.7. The van der Waals surface area contributed by atoms with E-state index >= 15 is 0 Å². The second kappa shape index (κ2) is 13.9. The van der Waals surface area contributed by atoms with E-state index in [1.807, 2.05) is 30.3 Å². The monoisotopic (exact) mass is 636 g/mol. The molecule has 0 spiro atoms. The van der Waals surface area contributed by atoms with Gasteiger partial charge in [-0.05, 0) is 99.4 Å². The molecule has 0 aliphatic heterocycles. The second-order valence-corrected chi connectivity index (χ2v) is 10.2. The third-order valence-corrected chi connectivity index (χ3v) is 6.75. The van der Waals surface area contributed by atoms with Gasteiger partial charge in [0.15, 0.2) is 11.5 Å². The van der Waals surface area contributed by atoms with E-state index in [0.29, 0.717) is 56.2 Å². The molecule has 0 unspecified atom stereocenters. The summed E-state index contributed by atoms with van der Waals surface area (Å²) in [6, 6.07) is 27.0. The van der Waals surface area contributed by atoms with Gasteiger partial charge in [-0.2, -0.15) is 5.26 Å². The van der Waals surface area contributed by atoms with Crippen molar-refractivity contribution in [2.24, 2.45) is 0 Å². The molecule has 0 fully saturated rings. The zero-order valence-corrected chi connectivity index (χ0v) is 24.4. The Morgan fingerprint density at radius 2 is 1.48 bits per heavy atom. The fraction of sp³-hybridized carbons (Fsp3) is 0.0968. The predicted octanol–water partition coefficient (Wildman–Crippen LogP) is 8.47. The summed E-state index contributed by atoms with van der Waals surface area (Å²) in [5.74, 6) is 1.03. The largest absolute Gasteiger partial charge is 0.493 e. The number of amides is 1. The van der Waals surface area contributed by atoms with E-state index in [1.54, 1.807) is 60.7 Å². The third-order valence-electron chi connectivity index (χ3n) is 5.66. The van der Waals surface area contributed by atoms with Crippen LogP contribution in [0.15, 0.2) is 95.0 Å². The average Bonchev–Trinajstić information content (AvgIpc) is 2.96. The quantitative estimate of drug-likeness (QED) is 0.139. The highest BCUT2D eigenvalue weighted by atomic mass is 79.9. The summed E-state index contributed by atoms with van der Waals surface area (Å²) < 4.78 is 17.9. The first-order chi connectivity index (χ1) is 19.3. The lowest BCUT2D eigenvalue weighted by atomic mass is 10.1. The Kier molecular flexibility index (Phi) is 10.1. The molecule has 0 bridgehead atoms. The lowest BCUT2D eigenvalue weighted by Crippen LogP contribution is -2.13. The molecule has 202 valence electrons. The minimum absolute atomic E-state index is 0.0770. The normalized spacial score (nSPS) is 10.9. The van der Waals surface area contributed by atoms with Crippen LogP contribution in [-0.2, 0) is 18.0 Å². The van der Waals surface area contributed by atoms with E-state index in [2.05, 4.69) is 21.2 Å². The Hall–Kier alpha value is -3.96. The van der Waals surface area contributed by atoms with Crippen LogP contribution in [0.3, 0.4) is 0 Å². The first-order valence-electron chi connectivity index (χ1n) is 12.0. The number of halogens is 3. The molecule has 0 aliphatic rings. The van der Waals surface area contributed by atoms with Crippen LogP contribution in [0, 0.1) is 11.3 Å². The highest BCUT2D eigenvalue weighted by Gasteiger charge is 2.15. The molecule has 0 atom stereocenters. The van der Waals surface area contributed by atoms with Crippen LogP contribution in [0.5, 0.6) is 17.2 Å². The maximum Gasteiger partial charge on any atom is 0.266 e. The van der Waals surface area contributed by atoms with Gasteiger partial charge in [0.25, 0.3) is 5.91 Å². The van der Waals surface area contributed by atoms with E-state index in [0.717, 1.165) is 11.1 Å². The lowest BCUT2D eigenvalue weighted by Gasteiger charge is -2.14. The van der Waals surface area contributed by atoms with Gasteiger partial charge >= 0.3 is 0 Å². The van der Waals surface area contributed by atoms with Crippen molar-refractivity contribution in [3.63, 3.8) is 0 Å². The summed E-state index contributed by atoms with van der Waals surface area (Å²) in [5.41, 5.74) is 2.95. The van der Waals surface area contributed by atoms with Crippen molar-refractivity contribution in [3.8, 4) is 23.3 Å². The zero-order chi connectivity index (χ0) is 28.5. The highest BCUT2D eigenvalue weighted by Crippen LogP contribution is 2.38. The molecule has 0 saturated heterocycles. The van der Waals surface area contributed by atoms with Gasteiger partial charge in [0.05, 0.1) is 11.6 Å². The van der Waals surface area contributed by atoms with Crippen LogP contribution >= 0.6 is 39.1 Å². The van der Waals surface area contributed by atoms with E-state index < -0.39 is 5.91 Å². The zero-order valence-electron chi connectivity index (χ0n) is 21.3. The minimum atomic E-state index is -0.546. The van der Waals surface area contributed by atoms with E-state index in [1.165, 1.54) is 13.2 Å². The van der Waals surface area contributed by atoms with Crippen LogP contribution in [0.4, 0.5) is 5.69 Å². The highest BCUT2D eigenvalue weighted by molar-refractivity contribution is 9.10. The molecule has 0 heterocycles. The fourth-order valence-electron chi connectivity index (χ4n) is 3.59. The number of carbonyl (C=O) groups is 1. The van der Waals surface area contributed by atoms with Gasteiger partial charge in [0, 0.05) is 15.7 Å². The van der Waals surface area contributed by atoms with Gasteiger partial charge < -0.3 is 19.5 Å². The van der Waals surface area contributed by atoms with Crippen molar-refractivity contribution >= 4 is 56.8 Å². The Morgan fingerprint density at radius 3 is 2.02 bits per heavy atom. The van der Waals surface area contributed by atoms with Crippen LogP contribution in [0.1, 0.15) is 16.7 Å². The summed E-state index contributed by atoms with van der Waals surface area (Å²) in [7, 11) is 1.52. The smallest absolute Gasteiger partial charge is 0.266 e.